The van der Waals surface area contributed by atoms with E-state index in [1.807, 2.05) is 6.92 Å². The zero-order chi connectivity index (χ0) is 27.2. The zero-order valence-electron chi connectivity index (χ0n) is 21.5. The van der Waals surface area contributed by atoms with Crippen LogP contribution in [0.2, 0.25) is 5.02 Å². The Morgan fingerprint density at radius 3 is 2.35 bits per heavy atom. The van der Waals surface area contributed by atoms with Gasteiger partial charge < -0.3 is 20.1 Å². The number of nitrogens with one attached hydrogen (secondary N) is 2. The molecule has 0 radical (unpaired) electrons. The molecule has 0 saturated heterocycles. The van der Waals surface area contributed by atoms with Crippen molar-refractivity contribution in [3.8, 4) is 11.8 Å². The van der Waals surface area contributed by atoms with Crippen LogP contribution < -0.4 is 15.4 Å². The van der Waals surface area contributed by atoms with Crippen molar-refractivity contribution < 1.29 is 19.1 Å². The molecule has 9 heteroatoms. The number of carbonyl (C=O) groups excluding carboxylic acids is 2. The molecule has 0 bridgehead atoms. The minimum atomic E-state index is -0.709. The number of esters is 1. The van der Waals surface area contributed by atoms with Crippen LogP contribution in [0.1, 0.15) is 46.1 Å². The minimum Gasteiger partial charge on any atom is -0.494 e. The fourth-order valence-corrected chi connectivity index (χ4v) is 4.77. The van der Waals surface area contributed by atoms with Gasteiger partial charge >= 0.3 is 5.97 Å². The van der Waals surface area contributed by atoms with Crippen molar-refractivity contribution in [3.63, 3.8) is 0 Å². The molecule has 0 fully saturated rings. The highest BCUT2D eigenvalue weighted by Crippen LogP contribution is 2.41. The van der Waals surface area contributed by atoms with Crippen molar-refractivity contribution in [3.05, 3.63) is 81.0 Å². The lowest BCUT2D eigenvalue weighted by Gasteiger charge is -2.31. The number of ether oxygens (including phenoxy) is 2. The Kier molecular flexibility index (Phi) is 9.30. The fourth-order valence-electron chi connectivity index (χ4n) is 3.75. The van der Waals surface area contributed by atoms with E-state index in [-0.39, 0.29) is 11.7 Å². The number of anilines is 1. The average Bonchev–Trinajstić information content (AvgIpc) is 2.83. The van der Waals surface area contributed by atoms with Crippen molar-refractivity contribution in [2.45, 2.75) is 46.1 Å². The van der Waals surface area contributed by atoms with Crippen LogP contribution in [0.15, 0.2) is 70.4 Å². The Labute approximate surface area is 226 Å². The summed E-state index contributed by atoms with van der Waals surface area (Å²) < 4.78 is 11.1. The highest BCUT2D eigenvalue weighted by molar-refractivity contribution is 8.03. The first-order chi connectivity index (χ1) is 17.5. The lowest BCUT2D eigenvalue weighted by atomic mass is 9.82. The molecule has 1 aliphatic rings. The molecule has 0 unspecified atom stereocenters. The lowest BCUT2D eigenvalue weighted by molar-refractivity contribution is -0.150. The van der Waals surface area contributed by atoms with Crippen molar-refractivity contribution in [1.82, 2.24) is 5.32 Å². The molecule has 7 nitrogen and oxygen atoms in total. The summed E-state index contributed by atoms with van der Waals surface area (Å²) in [7, 11) is 0. The van der Waals surface area contributed by atoms with Crippen molar-refractivity contribution in [2.75, 3.05) is 17.7 Å². The van der Waals surface area contributed by atoms with Gasteiger partial charge in [-0.1, -0.05) is 35.5 Å². The Hall–Kier alpha value is -3.41. The van der Waals surface area contributed by atoms with Crippen LogP contribution in [-0.2, 0) is 14.3 Å². The quantitative estimate of drug-likeness (QED) is 0.388. The second-order valence-electron chi connectivity index (χ2n) is 9.30. The monoisotopic (exact) mass is 539 g/mol. The molecule has 1 heterocycles. The smallest absolute Gasteiger partial charge is 0.337 e. The number of nitriles is 1. The van der Waals surface area contributed by atoms with Gasteiger partial charge in [0.05, 0.1) is 40.5 Å². The first-order valence-corrected chi connectivity index (χ1v) is 13.1. The number of thioether (sulfide) groups is 1. The molecule has 2 aromatic carbocycles. The van der Waals surface area contributed by atoms with Crippen LogP contribution in [0.5, 0.6) is 5.75 Å². The molecule has 2 aromatic rings. The number of rotatable bonds is 8. The number of benzene rings is 2. The number of nitrogens with zero attached hydrogens (tertiary/aromatic N) is 1. The van der Waals surface area contributed by atoms with Gasteiger partial charge in [0, 0.05) is 16.4 Å². The third kappa shape index (κ3) is 7.54. The van der Waals surface area contributed by atoms with E-state index in [2.05, 4.69) is 16.7 Å². The second-order valence-corrected chi connectivity index (χ2v) is 10.7. The van der Waals surface area contributed by atoms with E-state index in [0.29, 0.717) is 39.2 Å². The molecule has 1 aliphatic heterocycles. The van der Waals surface area contributed by atoms with Crippen molar-refractivity contribution in [1.29, 1.82) is 5.26 Å². The summed E-state index contributed by atoms with van der Waals surface area (Å²) in [5.74, 6) is -0.634. The van der Waals surface area contributed by atoms with E-state index in [1.165, 1.54) is 11.8 Å². The number of hydrogen-bond donors (Lipinski definition) is 2. The Balaban J connectivity index is 1.86. The Morgan fingerprint density at radius 1 is 1.14 bits per heavy atom. The van der Waals surface area contributed by atoms with E-state index in [1.54, 1.807) is 76.2 Å². The summed E-state index contributed by atoms with van der Waals surface area (Å²) >= 11 is 7.29. The van der Waals surface area contributed by atoms with Crippen molar-refractivity contribution >= 4 is 40.9 Å². The predicted octanol–water partition coefficient (Wildman–Crippen LogP) is 6.15. The summed E-state index contributed by atoms with van der Waals surface area (Å²) in [4.78, 5) is 25.9. The summed E-state index contributed by atoms with van der Waals surface area (Å²) in [5.41, 5.74) is 1.88. The topological polar surface area (TPSA) is 100 Å². The summed E-state index contributed by atoms with van der Waals surface area (Å²) in [6, 6.07) is 16.4. The first-order valence-electron chi connectivity index (χ1n) is 11.8. The molecule has 3 rings (SSSR count). The number of amides is 1. The third-order valence-electron chi connectivity index (χ3n) is 5.27. The molecule has 0 aromatic heterocycles. The normalized spacial score (nSPS) is 15.5. The van der Waals surface area contributed by atoms with Gasteiger partial charge in [-0.2, -0.15) is 5.26 Å². The molecule has 0 aliphatic carbocycles. The maximum absolute atomic E-state index is 13.2. The number of hydrogen-bond acceptors (Lipinski definition) is 7. The van der Waals surface area contributed by atoms with Gasteiger partial charge in [-0.25, -0.2) is 4.79 Å². The van der Waals surface area contributed by atoms with Crippen LogP contribution in [0, 0.1) is 11.3 Å². The van der Waals surface area contributed by atoms with Crippen LogP contribution in [0.3, 0.4) is 0 Å². The van der Waals surface area contributed by atoms with Crippen molar-refractivity contribution in [2.24, 2.45) is 0 Å². The average molecular weight is 540 g/mol. The molecule has 37 heavy (non-hydrogen) atoms. The third-order valence-corrected chi connectivity index (χ3v) is 6.54. The zero-order valence-corrected chi connectivity index (χ0v) is 23.0. The molecule has 2 N–H and O–H groups in total. The van der Waals surface area contributed by atoms with Gasteiger partial charge in [0.2, 0.25) is 5.91 Å². The van der Waals surface area contributed by atoms with E-state index in [9.17, 15) is 14.9 Å². The Bertz CT molecular complexity index is 1260. The maximum atomic E-state index is 13.2. The molecule has 1 amide bonds. The molecule has 1 atom stereocenters. The molecular formula is C28H30ClN3O4S. The SMILES string of the molecule is CCOc1ccc(NC(=O)CSC2=C(C#N)[C@@H](c3ccc(Cl)cc3)C(C(=O)OC(C)(C)C)=C(C)N2)cc1. The van der Waals surface area contributed by atoms with Gasteiger partial charge in [0.15, 0.2) is 0 Å². The van der Waals surface area contributed by atoms with Crippen LogP contribution in [0.25, 0.3) is 0 Å². The van der Waals surface area contributed by atoms with E-state index in [4.69, 9.17) is 21.1 Å². The number of halogens is 1. The van der Waals surface area contributed by atoms with Gasteiger partial charge in [-0.05, 0) is 76.6 Å². The van der Waals surface area contributed by atoms with E-state index >= 15 is 0 Å². The predicted molar refractivity (Wildman–Crippen MR) is 147 cm³/mol. The summed E-state index contributed by atoms with van der Waals surface area (Å²) in [5, 5.41) is 17.2. The van der Waals surface area contributed by atoms with Gasteiger partial charge in [-0.15, -0.1) is 0 Å². The van der Waals surface area contributed by atoms with Gasteiger partial charge in [-0.3, -0.25) is 4.79 Å². The van der Waals surface area contributed by atoms with Crippen LogP contribution in [-0.4, -0.2) is 29.8 Å². The second kappa shape index (κ2) is 12.2. The summed E-state index contributed by atoms with van der Waals surface area (Å²) in [6.07, 6.45) is 0. The van der Waals surface area contributed by atoms with Crippen LogP contribution >= 0.6 is 23.4 Å². The number of allylic oxidation sites excluding steroid dienone is 2. The highest BCUT2D eigenvalue weighted by atomic mass is 35.5. The lowest BCUT2D eigenvalue weighted by Crippen LogP contribution is -2.32. The standard InChI is InChI=1S/C28H30ClN3O4S/c1-6-35-21-13-11-20(12-14-21)32-23(33)16-37-26-22(15-30)25(18-7-9-19(29)10-8-18)24(17(2)31-26)27(34)36-28(3,4)5/h7-14,25,31H,6,16H2,1-5H3,(H,32,33)/t25-/m1/s1. The first kappa shape index (κ1) is 28.2. The number of dihydropyridines is 1. The summed E-state index contributed by atoms with van der Waals surface area (Å²) in [6.45, 7) is 9.60. The van der Waals surface area contributed by atoms with E-state index in [0.717, 1.165) is 11.3 Å². The molecule has 0 spiro atoms. The Morgan fingerprint density at radius 2 is 1.78 bits per heavy atom. The fraction of sp³-hybridized carbons (Fsp3) is 0.321. The largest absolute Gasteiger partial charge is 0.494 e. The van der Waals surface area contributed by atoms with Crippen LogP contribution in [0.4, 0.5) is 5.69 Å². The minimum absolute atomic E-state index is 0.0586. The molecule has 0 saturated carbocycles. The number of carbonyl (C=O) groups is 2. The highest BCUT2D eigenvalue weighted by Gasteiger charge is 2.37. The molecule has 194 valence electrons. The molecular weight excluding hydrogens is 510 g/mol. The maximum Gasteiger partial charge on any atom is 0.337 e. The van der Waals surface area contributed by atoms with Gasteiger partial charge in [0.1, 0.15) is 11.4 Å². The van der Waals surface area contributed by atoms with E-state index < -0.39 is 17.5 Å². The van der Waals surface area contributed by atoms with Gasteiger partial charge in [0.25, 0.3) is 0 Å².